The Morgan fingerprint density at radius 2 is 1.62 bits per heavy atom. The highest BCUT2D eigenvalue weighted by atomic mass is 31.2. The number of phosphoric ester groups is 1. The lowest BCUT2D eigenvalue weighted by atomic mass is 10.1. The van der Waals surface area contributed by atoms with Crippen LogP contribution in [0.15, 0.2) is 0 Å². The minimum absolute atomic E-state index is 0.0310. The summed E-state index contributed by atoms with van der Waals surface area (Å²) in [6.45, 7) is 3.04. The van der Waals surface area contributed by atoms with Gasteiger partial charge < -0.3 is 27.9 Å². The number of carbonyl (C=O) groups is 2. The summed E-state index contributed by atoms with van der Waals surface area (Å²) >= 11 is 0. The molecule has 0 aliphatic heterocycles. The van der Waals surface area contributed by atoms with Gasteiger partial charge in [0.05, 0.1) is 27.7 Å². The Hall–Kier alpha value is -0.990. The van der Waals surface area contributed by atoms with Crippen LogP contribution in [-0.4, -0.2) is 70.0 Å². The third-order valence-electron chi connectivity index (χ3n) is 3.94. The number of nitrogens with zero attached hydrogens (tertiary/aromatic N) is 1. The van der Waals surface area contributed by atoms with Crippen LogP contribution in [0.25, 0.3) is 0 Å². The molecule has 0 fully saturated rings. The maximum Gasteiger partial charge on any atom is 0.306 e. The number of hydrogen-bond donors (Lipinski definition) is 0. The quantitative estimate of drug-likeness (QED) is 0.147. The van der Waals surface area contributed by atoms with Crippen molar-refractivity contribution in [1.29, 1.82) is 0 Å². The summed E-state index contributed by atoms with van der Waals surface area (Å²) in [5, 5.41) is 0. The van der Waals surface area contributed by atoms with Gasteiger partial charge in [-0.25, -0.2) is 0 Å². The van der Waals surface area contributed by atoms with Crippen LogP contribution in [0.5, 0.6) is 0 Å². The molecule has 0 saturated carbocycles. The van der Waals surface area contributed by atoms with Gasteiger partial charge in [0, 0.05) is 13.3 Å². The Bertz CT molecular complexity index is 521. The summed E-state index contributed by atoms with van der Waals surface area (Å²) in [4.78, 5) is 34.9. The molecule has 0 heterocycles. The number of rotatable bonds is 17. The first-order chi connectivity index (χ1) is 13.4. The Labute approximate surface area is 174 Å². The number of phosphoric acid groups is 1. The van der Waals surface area contributed by atoms with Crippen molar-refractivity contribution in [3.8, 4) is 0 Å². The van der Waals surface area contributed by atoms with Gasteiger partial charge in [-0.05, 0) is 6.42 Å². The highest BCUT2D eigenvalue weighted by Crippen LogP contribution is 2.38. The van der Waals surface area contributed by atoms with E-state index in [1.165, 1.54) is 13.3 Å². The number of hydrogen-bond acceptors (Lipinski definition) is 8. The predicted octanol–water partition coefficient (Wildman–Crippen LogP) is 2.42. The molecule has 0 aliphatic carbocycles. The van der Waals surface area contributed by atoms with Gasteiger partial charge in [0.1, 0.15) is 19.8 Å². The summed E-state index contributed by atoms with van der Waals surface area (Å²) in [6, 6.07) is 0. The summed E-state index contributed by atoms with van der Waals surface area (Å²) in [6.07, 6.45) is 5.36. The zero-order valence-electron chi connectivity index (χ0n) is 18.5. The van der Waals surface area contributed by atoms with Gasteiger partial charge in [-0.15, -0.1) is 0 Å². The molecule has 29 heavy (non-hydrogen) atoms. The van der Waals surface area contributed by atoms with Crippen LogP contribution in [0.3, 0.4) is 0 Å². The van der Waals surface area contributed by atoms with E-state index in [9.17, 15) is 19.0 Å². The molecular formula is C19H38NO8P. The maximum absolute atomic E-state index is 12.0. The second-order valence-electron chi connectivity index (χ2n) is 8.02. The number of likely N-dealkylation sites (N-methyl/N-ethyl adjacent to an activating group) is 1. The van der Waals surface area contributed by atoms with Crippen LogP contribution in [0.2, 0.25) is 0 Å². The van der Waals surface area contributed by atoms with Crippen molar-refractivity contribution in [2.45, 2.75) is 64.9 Å². The van der Waals surface area contributed by atoms with Crippen LogP contribution in [0.4, 0.5) is 0 Å². The molecular weight excluding hydrogens is 401 g/mol. The van der Waals surface area contributed by atoms with Crippen LogP contribution in [0, 0.1) is 0 Å². The van der Waals surface area contributed by atoms with E-state index in [0.717, 1.165) is 25.7 Å². The van der Waals surface area contributed by atoms with Crippen molar-refractivity contribution in [3.05, 3.63) is 0 Å². The standard InChI is InChI=1S/C19H38NO8P/c1-6-7-8-9-10-11-12-19(22)28-18(15-25-17(2)21)16-27-29(23,24)26-14-13-20(3,4)5/h18H,6-16H2,1-5H3. The van der Waals surface area contributed by atoms with Gasteiger partial charge in [0.25, 0.3) is 7.82 Å². The Morgan fingerprint density at radius 1 is 1.00 bits per heavy atom. The smallest absolute Gasteiger partial charge is 0.306 e. The zero-order chi connectivity index (χ0) is 22.3. The molecule has 0 radical (unpaired) electrons. The maximum atomic E-state index is 12.0. The fourth-order valence-electron chi connectivity index (χ4n) is 2.26. The molecule has 0 aromatic heterocycles. The third-order valence-corrected chi connectivity index (χ3v) is 4.90. The van der Waals surface area contributed by atoms with E-state index in [1.54, 1.807) is 0 Å². The summed E-state index contributed by atoms with van der Waals surface area (Å²) < 4.78 is 32.1. The molecule has 0 N–H and O–H groups in total. The average Bonchev–Trinajstić information content (AvgIpc) is 2.59. The molecule has 0 aromatic carbocycles. The number of ether oxygens (including phenoxy) is 2. The molecule has 0 bridgehead atoms. The van der Waals surface area contributed by atoms with E-state index in [1.807, 2.05) is 21.1 Å². The highest BCUT2D eigenvalue weighted by Gasteiger charge is 2.21. The molecule has 0 aliphatic rings. The Kier molecular flexibility index (Phi) is 14.4. The molecule has 0 aromatic rings. The van der Waals surface area contributed by atoms with E-state index in [-0.39, 0.29) is 19.6 Å². The van der Waals surface area contributed by atoms with Crippen molar-refractivity contribution in [2.75, 3.05) is 47.5 Å². The van der Waals surface area contributed by atoms with Crippen molar-refractivity contribution >= 4 is 19.8 Å². The lowest BCUT2D eigenvalue weighted by molar-refractivity contribution is -0.870. The number of quaternary nitrogens is 1. The fraction of sp³-hybridized carbons (Fsp3) is 0.895. The second kappa shape index (κ2) is 14.9. The van der Waals surface area contributed by atoms with Gasteiger partial charge in [0.2, 0.25) is 0 Å². The molecule has 2 unspecified atom stereocenters. The Balaban J connectivity index is 4.40. The lowest BCUT2D eigenvalue weighted by Gasteiger charge is -2.28. The number of esters is 2. The van der Waals surface area contributed by atoms with Crippen molar-refractivity contribution in [3.63, 3.8) is 0 Å². The average molecular weight is 439 g/mol. The largest absolute Gasteiger partial charge is 0.756 e. The van der Waals surface area contributed by atoms with E-state index in [0.29, 0.717) is 17.4 Å². The highest BCUT2D eigenvalue weighted by molar-refractivity contribution is 7.45. The molecule has 2 atom stereocenters. The van der Waals surface area contributed by atoms with E-state index in [4.69, 9.17) is 18.5 Å². The first kappa shape index (κ1) is 28.0. The fourth-order valence-corrected chi connectivity index (χ4v) is 2.99. The lowest BCUT2D eigenvalue weighted by Crippen LogP contribution is -2.37. The molecule has 0 spiro atoms. The molecule has 172 valence electrons. The normalized spacial score (nSPS) is 14.8. The molecule has 0 saturated heterocycles. The molecule has 0 amide bonds. The zero-order valence-corrected chi connectivity index (χ0v) is 19.4. The van der Waals surface area contributed by atoms with Gasteiger partial charge >= 0.3 is 11.9 Å². The van der Waals surface area contributed by atoms with Crippen molar-refractivity contribution in [1.82, 2.24) is 0 Å². The van der Waals surface area contributed by atoms with E-state index in [2.05, 4.69) is 6.92 Å². The van der Waals surface area contributed by atoms with Crippen LogP contribution in [-0.2, 0) is 32.7 Å². The predicted molar refractivity (Wildman–Crippen MR) is 107 cm³/mol. The minimum Gasteiger partial charge on any atom is -0.756 e. The molecule has 10 heteroatoms. The third kappa shape index (κ3) is 18.8. The van der Waals surface area contributed by atoms with Gasteiger partial charge in [-0.3, -0.25) is 14.2 Å². The summed E-state index contributed by atoms with van der Waals surface area (Å²) in [5.74, 6) is -1.04. The van der Waals surface area contributed by atoms with Crippen LogP contribution < -0.4 is 4.89 Å². The van der Waals surface area contributed by atoms with E-state index >= 15 is 0 Å². The minimum atomic E-state index is -4.55. The van der Waals surface area contributed by atoms with Crippen LogP contribution in [0.1, 0.15) is 58.8 Å². The van der Waals surface area contributed by atoms with E-state index < -0.39 is 32.5 Å². The summed E-state index contributed by atoms with van der Waals surface area (Å²) in [5.41, 5.74) is 0. The van der Waals surface area contributed by atoms with Crippen molar-refractivity contribution < 1.29 is 42.1 Å². The van der Waals surface area contributed by atoms with Crippen molar-refractivity contribution in [2.24, 2.45) is 0 Å². The molecule has 0 rings (SSSR count). The first-order valence-corrected chi connectivity index (χ1v) is 11.6. The second-order valence-corrected chi connectivity index (χ2v) is 9.43. The molecule has 9 nitrogen and oxygen atoms in total. The van der Waals surface area contributed by atoms with Gasteiger partial charge in [0.15, 0.2) is 6.10 Å². The van der Waals surface area contributed by atoms with Gasteiger partial charge in [-0.1, -0.05) is 39.0 Å². The number of carbonyl (C=O) groups excluding carboxylic acids is 2. The summed E-state index contributed by atoms with van der Waals surface area (Å²) in [7, 11) is 1.15. The Morgan fingerprint density at radius 3 is 2.21 bits per heavy atom. The topological polar surface area (TPSA) is 111 Å². The monoisotopic (exact) mass is 439 g/mol. The van der Waals surface area contributed by atoms with Gasteiger partial charge in [-0.2, -0.15) is 0 Å². The van der Waals surface area contributed by atoms with Crippen LogP contribution >= 0.6 is 7.82 Å². The number of unbranched alkanes of at least 4 members (excludes halogenated alkanes) is 5. The SMILES string of the molecule is CCCCCCCCC(=O)OC(COC(C)=O)COP(=O)([O-])OCC[N+](C)(C)C. The first-order valence-electron chi connectivity index (χ1n) is 10.2.